The largest absolute Gasteiger partial charge is 0.378 e. The fourth-order valence-corrected chi connectivity index (χ4v) is 2.80. The quantitative estimate of drug-likeness (QED) is 0.670. The Balaban J connectivity index is 1.86. The molecule has 0 bridgehead atoms. The number of nitro benzene ring substituents is 1. The highest BCUT2D eigenvalue weighted by Gasteiger charge is 2.23. The number of ether oxygens (including phenoxy) is 1. The van der Waals surface area contributed by atoms with Crippen LogP contribution in [0.25, 0.3) is 0 Å². The van der Waals surface area contributed by atoms with Crippen molar-refractivity contribution < 1.29 is 18.8 Å². The van der Waals surface area contributed by atoms with Crippen molar-refractivity contribution in [1.82, 2.24) is 0 Å². The molecule has 1 aliphatic rings. The second-order valence-electron chi connectivity index (χ2n) is 6.00. The van der Waals surface area contributed by atoms with Gasteiger partial charge in [0, 0.05) is 24.7 Å². The summed E-state index contributed by atoms with van der Waals surface area (Å²) in [6, 6.07) is 8.69. The van der Waals surface area contributed by atoms with Crippen molar-refractivity contribution in [1.29, 1.82) is 0 Å². The molecule has 1 aliphatic heterocycles. The maximum atomic E-state index is 13.9. The molecule has 0 saturated carbocycles. The van der Waals surface area contributed by atoms with Gasteiger partial charge in [-0.05, 0) is 36.8 Å². The summed E-state index contributed by atoms with van der Waals surface area (Å²) in [5.74, 6) is -1.16. The lowest BCUT2D eigenvalue weighted by atomic mass is 10.1. The first-order valence-electron chi connectivity index (χ1n) is 8.14. The number of amides is 1. The first-order valence-corrected chi connectivity index (χ1v) is 8.14. The number of benzene rings is 2. The molecule has 7 nitrogen and oxygen atoms in total. The predicted molar refractivity (Wildman–Crippen MR) is 95.2 cm³/mol. The van der Waals surface area contributed by atoms with E-state index in [9.17, 15) is 19.3 Å². The second kappa shape index (κ2) is 7.49. The van der Waals surface area contributed by atoms with Gasteiger partial charge in [0.2, 0.25) is 0 Å². The normalized spacial score (nSPS) is 14.2. The third-order valence-corrected chi connectivity index (χ3v) is 4.16. The molecule has 0 aromatic heterocycles. The van der Waals surface area contributed by atoms with E-state index >= 15 is 0 Å². The monoisotopic (exact) mass is 359 g/mol. The third kappa shape index (κ3) is 3.80. The van der Waals surface area contributed by atoms with Crippen LogP contribution in [0, 0.1) is 22.9 Å². The molecule has 1 fully saturated rings. The highest BCUT2D eigenvalue weighted by molar-refractivity contribution is 6.05. The van der Waals surface area contributed by atoms with E-state index in [-0.39, 0.29) is 16.9 Å². The molecule has 8 heteroatoms. The lowest BCUT2D eigenvalue weighted by molar-refractivity contribution is -0.384. The van der Waals surface area contributed by atoms with Gasteiger partial charge in [0.25, 0.3) is 11.6 Å². The minimum Gasteiger partial charge on any atom is -0.378 e. The Labute approximate surface area is 149 Å². The van der Waals surface area contributed by atoms with Crippen molar-refractivity contribution in [2.75, 3.05) is 36.5 Å². The summed E-state index contributed by atoms with van der Waals surface area (Å²) in [5.41, 5.74) is 1.13. The SMILES string of the molecule is Cc1ccc(NC(=O)c2ccc(N3CCOCC3)c([N+](=O)[O-])c2)c(F)c1. The number of nitrogens with zero attached hydrogens (tertiary/aromatic N) is 2. The summed E-state index contributed by atoms with van der Waals surface area (Å²) in [4.78, 5) is 25.2. The van der Waals surface area contributed by atoms with Crippen LogP contribution in [0.5, 0.6) is 0 Å². The summed E-state index contributed by atoms with van der Waals surface area (Å²) < 4.78 is 19.2. The molecule has 0 spiro atoms. The van der Waals surface area contributed by atoms with E-state index in [0.717, 1.165) is 5.56 Å². The number of nitro groups is 1. The average Bonchev–Trinajstić information content (AvgIpc) is 2.64. The van der Waals surface area contributed by atoms with Gasteiger partial charge in [0.1, 0.15) is 11.5 Å². The summed E-state index contributed by atoms with van der Waals surface area (Å²) in [7, 11) is 0. The fraction of sp³-hybridized carbons (Fsp3) is 0.278. The van der Waals surface area contributed by atoms with E-state index < -0.39 is 16.6 Å². The van der Waals surface area contributed by atoms with Crippen molar-refractivity contribution in [2.24, 2.45) is 0 Å². The van der Waals surface area contributed by atoms with E-state index in [4.69, 9.17) is 4.74 Å². The maximum Gasteiger partial charge on any atom is 0.293 e. The Morgan fingerprint density at radius 3 is 2.62 bits per heavy atom. The Hall–Kier alpha value is -3.00. The van der Waals surface area contributed by atoms with Crippen LogP contribution in [-0.2, 0) is 4.74 Å². The zero-order chi connectivity index (χ0) is 18.7. The van der Waals surface area contributed by atoms with Crippen molar-refractivity contribution >= 4 is 23.0 Å². The number of halogens is 1. The minimum atomic E-state index is -0.607. The van der Waals surface area contributed by atoms with Crippen LogP contribution in [0.1, 0.15) is 15.9 Å². The van der Waals surface area contributed by atoms with Crippen LogP contribution in [0.4, 0.5) is 21.5 Å². The lowest BCUT2D eigenvalue weighted by Gasteiger charge is -2.28. The van der Waals surface area contributed by atoms with Crippen LogP contribution < -0.4 is 10.2 Å². The van der Waals surface area contributed by atoms with Crippen LogP contribution in [0.15, 0.2) is 36.4 Å². The molecule has 3 rings (SSSR count). The first kappa shape index (κ1) is 17.8. The number of hydrogen-bond acceptors (Lipinski definition) is 5. The summed E-state index contributed by atoms with van der Waals surface area (Å²) in [5, 5.41) is 13.9. The van der Waals surface area contributed by atoms with Gasteiger partial charge in [0.05, 0.1) is 23.8 Å². The number of carbonyl (C=O) groups excluding carboxylic acids is 1. The van der Waals surface area contributed by atoms with Gasteiger partial charge in [0.15, 0.2) is 0 Å². The molecule has 1 heterocycles. The molecule has 1 amide bonds. The number of rotatable bonds is 4. The number of nitrogens with one attached hydrogen (secondary N) is 1. The van der Waals surface area contributed by atoms with Gasteiger partial charge >= 0.3 is 0 Å². The van der Waals surface area contributed by atoms with Crippen molar-refractivity contribution in [3.05, 3.63) is 63.5 Å². The third-order valence-electron chi connectivity index (χ3n) is 4.16. The lowest BCUT2D eigenvalue weighted by Crippen LogP contribution is -2.36. The van der Waals surface area contributed by atoms with Crippen LogP contribution in [-0.4, -0.2) is 37.1 Å². The Morgan fingerprint density at radius 1 is 1.23 bits per heavy atom. The van der Waals surface area contributed by atoms with Gasteiger partial charge in [-0.1, -0.05) is 6.07 Å². The molecular weight excluding hydrogens is 341 g/mol. The topological polar surface area (TPSA) is 84.7 Å². The minimum absolute atomic E-state index is 0.0282. The van der Waals surface area contributed by atoms with Gasteiger partial charge in [-0.2, -0.15) is 0 Å². The molecule has 0 unspecified atom stereocenters. The van der Waals surface area contributed by atoms with E-state index in [1.54, 1.807) is 19.1 Å². The number of hydrogen-bond donors (Lipinski definition) is 1. The van der Waals surface area contributed by atoms with E-state index in [0.29, 0.717) is 32.0 Å². The van der Waals surface area contributed by atoms with Crippen LogP contribution in [0.3, 0.4) is 0 Å². The van der Waals surface area contributed by atoms with Gasteiger partial charge in [-0.3, -0.25) is 14.9 Å². The second-order valence-corrected chi connectivity index (χ2v) is 6.00. The zero-order valence-corrected chi connectivity index (χ0v) is 14.2. The van der Waals surface area contributed by atoms with Crippen LogP contribution in [0.2, 0.25) is 0 Å². The van der Waals surface area contributed by atoms with E-state index in [1.807, 2.05) is 4.90 Å². The van der Waals surface area contributed by atoms with Gasteiger partial charge in [-0.25, -0.2) is 4.39 Å². The van der Waals surface area contributed by atoms with Crippen LogP contribution >= 0.6 is 0 Å². The molecule has 26 heavy (non-hydrogen) atoms. The average molecular weight is 359 g/mol. The van der Waals surface area contributed by atoms with Crippen molar-refractivity contribution in [3.8, 4) is 0 Å². The highest BCUT2D eigenvalue weighted by Crippen LogP contribution is 2.30. The smallest absolute Gasteiger partial charge is 0.293 e. The molecule has 2 aromatic rings. The molecule has 2 aromatic carbocycles. The summed E-state index contributed by atoms with van der Waals surface area (Å²) >= 11 is 0. The molecule has 1 N–H and O–H groups in total. The van der Waals surface area contributed by atoms with E-state index in [2.05, 4.69) is 5.32 Å². The van der Waals surface area contributed by atoms with Gasteiger partial charge < -0.3 is 15.0 Å². The van der Waals surface area contributed by atoms with E-state index in [1.165, 1.54) is 24.3 Å². The zero-order valence-electron chi connectivity index (χ0n) is 14.2. The molecule has 1 saturated heterocycles. The molecule has 0 radical (unpaired) electrons. The van der Waals surface area contributed by atoms with Crippen molar-refractivity contribution in [2.45, 2.75) is 6.92 Å². The predicted octanol–water partition coefficient (Wildman–Crippen LogP) is 3.13. The molecule has 0 atom stereocenters. The Kier molecular flexibility index (Phi) is 5.13. The molecule has 0 aliphatic carbocycles. The number of carbonyl (C=O) groups is 1. The van der Waals surface area contributed by atoms with Gasteiger partial charge in [-0.15, -0.1) is 0 Å². The number of anilines is 2. The highest BCUT2D eigenvalue weighted by atomic mass is 19.1. The fourth-order valence-electron chi connectivity index (χ4n) is 2.80. The van der Waals surface area contributed by atoms with Crippen molar-refractivity contribution in [3.63, 3.8) is 0 Å². The standard InChI is InChI=1S/C18H18FN3O4/c1-12-2-4-15(14(19)10-12)20-18(23)13-3-5-16(17(11-13)22(24)25)21-6-8-26-9-7-21/h2-5,10-11H,6-9H2,1H3,(H,20,23). The Bertz CT molecular complexity index is 850. The number of aryl methyl sites for hydroxylation is 1. The Morgan fingerprint density at radius 2 is 1.96 bits per heavy atom. The maximum absolute atomic E-state index is 13.9. The summed E-state index contributed by atoms with van der Waals surface area (Å²) in [6.45, 7) is 3.81. The number of morpholine rings is 1. The molecule has 136 valence electrons. The first-order chi connectivity index (χ1) is 12.5. The summed E-state index contributed by atoms with van der Waals surface area (Å²) in [6.07, 6.45) is 0. The molecular formula is C18H18FN3O4.